The summed E-state index contributed by atoms with van der Waals surface area (Å²) in [4.78, 5) is 7.78. The van der Waals surface area contributed by atoms with Crippen molar-refractivity contribution in [3.63, 3.8) is 0 Å². The molecule has 1 heterocycles. The van der Waals surface area contributed by atoms with Gasteiger partial charge in [0.1, 0.15) is 17.8 Å². The third kappa shape index (κ3) is 2.57. The summed E-state index contributed by atoms with van der Waals surface area (Å²) in [5.74, 6) is 1.02. The van der Waals surface area contributed by atoms with Gasteiger partial charge in [-0.1, -0.05) is 23.2 Å². The van der Waals surface area contributed by atoms with E-state index in [1.54, 1.807) is 25.3 Å². The molecule has 94 valence electrons. The van der Waals surface area contributed by atoms with Crippen molar-refractivity contribution in [1.29, 1.82) is 0 Å². The summed E-state index contributed by atoms with van der Waals surface area (Å²) in [6.45, 7) is 0. The van der Waals surface area contributed by atoms with Crippen LogP contribution in [0.15, 0.2) is 24.5 Å². The molecule has 0 unspecified atom stereocenters. The number of halogens is 2. The normalized spacial score (nSPS) is 10.2. The lowest BCUT2D eigenvalue weighted by molar-refractivity contribution is 0.417. The van der Waals surface area contributed by atoms with Crippen LogP contribution in [-0.2, 0) is 0 Å². The number of rotatable bonds is 3. The van der Waals surface area contributed by atoms with Crippen LogP contribution in [0.5, 0.6) is 5.75 Å². The fourth-order valence-corrected chi connectivity index (χ4v) is 1.68. The fourth-order valence-electron chi connectivity index (χ4n) is 1.38. The van der Waals surface area contributed by atoms with Gasteiger partial charge in [0.2, 0.25) is 0 Å². The Morgan fingerprint density at radius 3 is 2.78 bits per heavy atom. The number of ether oxygens (including phenoxy) is 1. The van der Waals surface area contributed by atoms with Gasteiger partial charge >= 0.3 is 0 Å². The molecule has 5 nitrogen and oxygen atoms in total. The van der Waals surface area contributed by atoms with Crippen LogP contribution in [0.25, 0.3) is 0 Å². The van der Waals surface area contributed by atoms with E-state index in [9.17, 15) is 0 Å². The second kappa shape index (κ2) is 5.29. The summed E-state index contributed by atoms with van der Waals surface area (Å²) < 4.78 is 5.20. The van der Waals surface area contributed by atoms with Crippen LogP contribution < -0.4 is 15.8 Å². The minimum atomic E-state index is 0.188. The third-order valence-corrected chi connectivity index (χ3v) is 2.79. The monoisotopic (exact) mass is 284 g/mol. The number of nitrogens with one attached hydrogen (secondary N) is 1. The van der Waals surface area contributed by atoms with E-state index in [0.717, 1.165) is 0 Å². The van der Waals surface area contributed by atoms with Gasteiger partial charge in [-0.3, -0.25) is 0 Å². The minimum absolute atomic E-state index is 0.188. The molecule has 0 spiro atoms. The van der Waals surface area contributed by atoms with Gasteiger partial charge in [-0.15, -0.1) is 0 Å². The zero-order chi connectivity index (χ0) is 13.1. The number of hydrogen-bond acceptors (Lipinski definition) is 5. The summed E-state index contributed by atoms with van der Waals surface area (Å²) in [6.07, 6.45) is 1.32. The number of nitrogen functional groups attached to an aromatic ring is 1. The molecule has 0 amide bonds. The predicted molar refractivity (Wildman–Crippen MR) is 72.7 cm³/mol. The standard InChI is InChI=1S/C11H10Cl2N4O/c1-18-8-3-2-6(12)4-7(8)17-11-9(14)10(13)15-5-16-11/h2-5H,14H2,1H3,(H,15,16,17). The molecule has 0 saturated heterocycles. The highest BCUT2D eigenvalue weighted by atomic mass is 35.5. The lowest BCUT2D eigenvalue weighted by atomic mass is 10.3. The summed E-state index contributed by atoms with van der Waals surface area (Å²) in [5, 5.41) is 3.76. The van der Waals surface area contributed by atoms with Crippen molar-refractivity contribution in [3.8, 4) is 5.75 Å². The number of benzene rings is 1. The first kappa shape index (κ1) is 12.7. The van der Waals surface area contributed by atoms with E-state index in [-0.39, 0.29) is 10.8 Å². The molecule has 1 aromatic carbocycles. The molecule has 2 aromatic rings. The molecule has 0 aliphatic heterocycles. The average molecular weight is 285 g/mol. The number of nitrogens with zero attached hydrogens (tertiary/aromatic N) is 2. The third-order valence-electron chi connectivity index (χ3n) is 2.25. The van der Waals surface area contributed by atoms with Gasteiger partial charge in [0.25, 0.3) is 0 Å². The Kier molecular flexibility index (Phi) is 3.74. The van der Waals surface area contributed by atoms with E-state index in [0.29, 0.717) is 22.3 Å². The lowest BCUT2D eigenvalue weighted by Gasteiger charge is -2.12. The van der Waals surface area contributed by atoms with Crippen LogP contribution in [0.4, 0.5) is 17.2 Å². The maximum absolute atomic E-state index is 5.93. The van der Waals surface area contributed by atoms with Crippen molar-refractivity contribution in [2.24, 2.45) is 0 Å². The Bertz CT molecular complexity index is 577. The van der Waals surface area contributed by atoms with E-state index in [2.05, 4.69) is 15.3 Å². The van der Waals surface area contributed by atoms with Gasteiger partial charge in [-0.05, 0) is 18.2 Å². The van der Waals surface area contributed by atoms with Crippen LogP contribution in [0.1, 0.15) is 0 Å². The first-order valence-electron chi connectivity index (χ1n) is 4.98. The zero-order valence-electron chi connectivity index (χ0n) is 9.45. The van der Waals surface area contributed by atoms with Crippen LogP contribution in [0.2, 0.25) is 10.2 Å². The Balaban J connectivity index is 2.39. The Morgan fingerprint density at radius 1 is 1.28 bits per heavy atom. The summed E-state index contributed by atoms with van der Waals surface area (Å²) in [7, 11) is 1.56. The Morgan fingerprint density at radius 2 is 2.06 bits per heavy atom. The summed E-state index contributed by atoms with van der Waals surface area (Å²) in [5.41, 5.74) is 6.68. The smallest absolute Gasteiger partial charge is 0.158 e. The molecule has 0 bridgehead atoms. The predicted octanol–water partition coefficient (Wildman–Crippen LogP) is 3.12. The van der Waals surface area contributed by atoms with Gasteiger partial charge < -0.3 is 15.8 Å². The van der Waals surface area contributed by atoms with Gasteiger partial charge in [0.15, 0.2) is 11.0 Å². The van der Waals surface area contributed by atoms with Crippen molar-refractivity contribution in [3.05, 3.63) is 34.7 Å². The molecule has 1 aromatic heterocycles. The molecule has 0 aliphatic rings. The highest BCUT2D eigenvalue weighted by Gasteiger charge is 2.09. The molecule has 2 rings (SSSR count). The van der Waals surface area contributed by atoms with Crippen molar-refractivity contribution in [2.75, 3.05) is 18.2 Å². The van der Waals surface area contributed by atoms with E-state index in [1.807, 2.05) is 0 Å². The fraction of sp³-hybridized carbons (Fsp3) is 0.0909. The van der Waals surface area contributed by atoms with Crippen molar-refractivity contribution < 1.29 is 4.74 Å². The topological polar surface area (TPSA) is 73.1 Å². The molecule has 0 saturated carbocycles. The number of hydrogen-bond donors (Lipinski definition) is 2. The highest BCUT2D eigenvalue weighted by molar-refractivity contribution is 6.32. The first-order valence-corrected chi connectivity index (χ1v) is 5.74. The van der Waals surface area contributed by atoms with Gasteiger partial charge in [0, 0.05) is 5.02 Å². The number of nitrogens with two attached hydrogens (primary N) is 1. The molecular formula is C11H10Cl2N4O. The lowest BCUT2D eigenvalue weighted by Crippen LogP contribution is -2.02. The number of anilines is 3. The maximum Gasteiger partial charge on any atom is 0.158 e. The van der Waals surface area contributed by atoms with Crippen molar-refractivity contribution >= 4 is 40.4 Å². The second-order valence-corrected chi connectivity index (χ2v) is 4.19. The van der Waals surface area contributed by atoms with Crippen molar-refractivity contribution in [2.45, 2.75) is 0 Å². The average Bonchev–Trinajstić information content (AvgIpc) is 2.35. The largest absolute Gasteiger partial charge is 0.495 e. The summed E-state index contributed by atoms with van der Waals surface area (Å²) in [6, 6.07) is 5.17. The molecule has 3 N–H and O–H groups in total. The van der Waals surface area contributed by atoms with Crippen LogP contribution >= 0.6 is 23.2 Å². The van der Waals surface area contributed by atoms with Crippen LogP contribution in [-0.4, -0.2) is 17.1 Å². The number of methoxy groups -OCH3 is 1. The summed E-state index contributed by atoms with van der Waals surface area (Å²) >= 11 is 11.7. The van der Waals surface area contributed by atoms with E-state index >= 15 is 0 Å². The van der Waals surface area contributed by atoms with Crippen molar-refractivity contribution in [1.82, 2.24) is 9.97 Å². The maximum atomic E-state index is 5.93. The zero-order valence-corrected chi connectivity index (χ0v) is 11.0. The van der Waals surface area contributed by atoms with E-state index in [4.69, 9.17) is 33.7 Å². The second-order valence-electron chi connectivity index (χ2n) is 3.40. The van der Waals surface area contributed by atoms with Crippen LogP contribution in [0.3, 0.4) is 0 Å². The first-order chi connectivity index (χ1) is 8.61. The molecule has 0 radical (unpaired) electrons. The molecule has 18 heavy (non-hydrogen) atoms. The molecule has 7 heteroatoms. The minimum Gasteiger partial charge on any atom is -0.495 e. The highest BCUT2D eigenvalue weighted by Crippen LogP contribution is 2.32. The van der Waals surface area contributed by atoms with E-state index in [1.165, 1.54) is 6.33 Å². The Hall–Kier alpha value is -1.72. The quantitative estimate of drug-likeness (QED) is 0.848. The van der Waals surface area contributed by atoms with E-state index < -0.39 is 0 Å². The molecular weight excluding hydrogens is 275 g/mol. The molecule has 0 aliphatic carbocycles. The van der Waals surface area contributed by atoms with Gasteiger partial charge in [0.05, 0.1) is 12.8 Å². The van der Waals surface area contributed by atoms with Crippen LogP contribution in [0, 0.1) is 0 Å². The Labute approximate surface area is 114 Å². The number of aromatic nitrogens is 2. The molecule has 0 fully saturated rings. The molecule has 0 atom stereocenters. The van der Waals surface area contributed by atoms with Gasteiger partial charge in [-0.2, -0.15) is 0 Å². The SMILES string of the molecule is COc1ccc(Cl)cc1Nc1ncnc(Cl)c1N. The van der Waals surface area contributed by atoms with Gasteiger partial charge in [-0.25, -0.2) is 9.97 Å².